The number of benzene rings is 1. The van der Waals surface area contributed by atoms with Crippen LogP contribution < -0.4 is 11.1 Å². The lowest BCUT2D eigenvalue weighted by atomic mass is 9.86. The number of hydrogen-bond donors (Lipinski definition) is 1. The summed E-state index contributed by atoms with van der Waals surface area (Å²) in [6, 6.07) is 9.96. The maximum Gasteiger partial charge on any atom is 0.421 e. The molecule has 0 radical (unpaired) electrons. The highest BCUT2D eigenvalue weighted by atomic mass is 79.9. The molecule has 0 aliphatic rings. The van der Waals surface area contributed by atoms with E-state index in [2.05, 4.69) is 59.5 Å². The van der Waals surface area contributed by atoms with Gasteiger partial charge in [-0.15, -0.1) is 11.3 Å². The van der Waals surface area contributed by atoms with E-state index in [-0.39, 0.29) is 17.2 Å². The average Bonchev–Trinajstić information content (AvgIpc) is 3.06. The molecule has 1 unspecified atom stereocenters. The fraction of sp³-hybridized carbons (Fsp3) is 0.353. The van der Waals surface area contributed by atoms with Crippen molar-refractivity contribution in [2.75, 3.05) is 0 Å². The first kappa shape index (κ1) is 16.5. The Balaban J connectivity index is 1.90. The first-order chi connectivity index (χ1) is 10.9. The smallest absolute Gasteiger partial charge is 0.408 e. The van der Waals surface area contributed by atoms with Crippen LogP contribution in [0.5, 0.6) is 0 Å². The molecule has 0 aliphatic heterocycles. The summed E-state index contributed by atoms with van der Waals surface area (Å²) in [7, 11) is 0. The van der Waals surface area contributed by atoms with E-state index in [0.717, 1.165) is 9.99 Å². The number of thiophene rings is 1. The zero-order chi connectivity index (χ0) is 16.6. The van der Waals surface area contributed by atoms with Crippen LogP contribution in [0.25, 0.3) is 11.1 Å². The Morgan fingerprint density at radius 1 is 1.35 bits per heavy atom. The molecule has 3 aromatic rings. The van der Waals surface area contributed by atoms with Crippen LogP contribution in [0.3, 0.4) is 0 Å². The Hall–Kier alpha value is -1.37. The predicted octanol–water partition coefficient (Wildman–Crippen LogP) is 4.75. The first-order valence-corrected chi connectivity index (χ1v) is 9.09. The zero-order valence-corrected chi connectivity index (χ0v) is 15.7. The van der Waals surface area contributed by atoms with Gasteiger partial charge in [-0.2, -0.15) is 0 Å². The molecule has 2 heterocycles. The lowest BCUT2D eigenvalue weighted by Crippen LogP contribution is -2.35. The van der Waals surface area contributed by atoms with E-state index in [1.807, 2.05) is 18.2 Å². The second-order valence-electron chi connectivity index (χ2n) is 6.58. The van der Waals surface area contributed by atoms with Crippen LogP contribution in [-0.4, -0.2) is 4.57 Å². The van der Waals surface area contributed by atoms with Crippen molar-refractivity contribution in [2.24, 2.45) is 5.41 Å². The Morgan fingerprint density at radius 3 is 2.78 bits per heavy atom. The van der Waals surface area contributed by atoms with Gasteiger partial charge in [0.15, 0.2) is 5.58 Å². The predicted molar refractivity (Wildman–Crippen MR) is 97.8 cm³/mol. The van der Waals surface area contributed by atoms with E-state index in [0.29, 0.717) is 12.3 Å². The summed E-state index contributed by atoms with van der Waals surface area (Å²) in [4.78, 5) is 13.4. The maximum atomic E-state index is 12.1. The Bertz CT molecular complexity index is 859. The van der Waals surface area contributed by atoms with Gasteiger partial charge in [-0.1, -0.05) is 42.8 Å². The third-order valence-corrected chi connectivity index (χ3v) is 5.21. The van der Waals surface area contributed by atoms with Crippen LogP contribution in [0.1, 0.15) is 31.7 Å². The molecule has 0 aliphatic carbocycles. The van der Waals surface area contributed by atoms with Gasteiger partial charge >= 0.3 is 5.76 Å². The van der Waals surface area contributed by atoms with Crippen molar-refractivity contribution in [1.29, 1.82) is 0 Å². The van der Waals surface area contributed by atoms with Crippen molar-refractivity contribution in [2.45, 2.75) is 33.5 Å². The third-order valence-electron chi connectivity index (χ3n) is 3.78. The second-order valence-corrected chi connectivity index (χ2v) is 8.48. The summed E-state index contributed by atoms with van der Waals surface area (Å²) < 4.78 is 7.86. The van der Waals surface area contributed by atoms with Crippen LogP contribution in [0.4, 0.5) is 0 Å². The second kappa shape index (κ2) is 6.26. The molecule has 23 heavy (non-hydrogen) atoms. The average molecular weight is 395 g/mol. The van der Waals surface area contributed by atoms with Gasteiger partial charge in [0.25, 0.3) is 0 Å². The number of nitrogens with one attached hydrogen (secondary N) is 1. The minimum Gasteiger partial charge on any atom is -0.408 e. The summed E-state index contributed by atoms with van der Waals surface area (Å²) in [5, 5.41) is 5.59. The third kappa shape index (κ3) is 3.44. The molecule has 1 N–H and O–H groups in total. The van der Waals surface area contributed by atoms with E-state index in [1.54, 1.807) is 15.9 Å². The quantitative estimate of drug-likeness (QED) is 0.693. The molecule has 3 rings (SSSR count). The summed E-state index contributed by atoms with van der Waals surface area (Å²) in [6.45, 7) is 6.99. The van der Waals surface area contributed by atoms with Gasteiger partial charge in [0.1, 0.15) is 0 Å². The van der Waals surface area contributed by atoms with Gasteiger partial charge in [-0.3, -0.25) is 9.88 Å². The highest BCUT2D eigenvalue weighted by molar-refractivity contribution is 9.10. The Labute approximate surface area is 147 Å². The molecule has 0 saturated carbocycles. The van der Waals surface area contributed by atoms with Crippen molar-refractivity contribution >= 4 is 38.4 Å². The molecule has 1 aromatic carbocycles. The topological polar surface area (TPSA) is 47.2 Å². The van der Waals surface area contributed by atoms with E-state index in [4.69, 9.17) is 4.42 Å². The lowest BCUT2D eigenvalue weighted by Gasteiger charge is -2.31. The van der Waals surface area contributed by atoms with Gasteiger partial charge in [-0.25, -0.2) is 4.79 Å². The molecule has 0 amide bonds. The van der Waals surface area contributed by atoms with Crippen molar-refractivity contribution in [3.63, 3.8) is 0 Å². The number of rotatable bonds is 4. The van der Waals surface area contributed by atoms with Gasteiger partial charge in [0.2, 0.25) is 0 Å². The van der Waals surface area contributed by atoms with E-state index in [1.165, 1.54) is 4.88 Å². The number of halogens is 1. The minimum absolute atomic E-state index is 0.0387. The Morgan fingerprint density at radius 2 is 2.13 bits per heavy atom. The molecule has 2 aromatic heterocycles. The SMILES string of the molecule is CC(C)(C)C(NCn1c(=O)oc2cc(Br)ccc21)c1cccs1. The first-order valence-electron chi connectivity index (χ1n) is 7.42. The fourth-order valence-corrected chi connectivity index (χ4v) is 4.05. The maximum absolute atomic E-state index is 12.1. The standard InChI is InChI=1S/C17H19BrN2O2S/c1-17(2,3)15(14-5-4-8-23-14)19-10-20-12-7-6-11(18)9-13(12)22-16(20)21/h4-9,15,19H,10H2,1-3H3. The number of fused-ring (bicyclic) bond motifs is 1. The zero-order valence-electron chi connectivity index (χ0n) is 13.3. The van der Waals surface area contributed by atoms with E-state index in [9.17, 15) is 4.79 Å². The number of nitrogens with zero attached hydrogens (tertiary/aromatic N) is 1. The van der Waals surface area contributed by atoms with Crippen molar-refractivity contribution < 1.29 is 4.42 Å². The molecule has 0 saturated heterocycles. The van der Waals surface area contributed by atoms with Gasteiger partial charge in [0, 0.05) is 15.4 Å². The minimum atomic E-state index is -0.343. The van der Waals surface area contributed by atoms with Crippen molar-refractivity contribution in [3.05, 3.63) is 55.6 Å². The summed E-state index contributed by atoms with van der Waals surface area (Å²) in [6.07, 6.45) is 0. The molecule has 1 atom stereocenters. The normalized spacial score (nSPS) is 13.6. The summed E-state index contributed by atoms with van der Waals surface area (Å²) in [5.74, 6) is -0.343. The lowest BCUT2D eigenvalue weighted by molar-refractivity contribution is 0.258. The molecular formula is C17H19BrN2O2S. The molecule has 0 bridgehead atoms. The highest BCUT2D eigenvalue weighted by Crippen LogP contribution is 2.35. The molecule has 122 valence electrons. The molecule has 0 spiro atoms. The highest BCUT2D eigenvalue weighted by Gasteiger charge is 2.27. The molecular weight excluding hydrogens is 376 g/mol. The number of aromatic nitrogens is 1. The molecule has 4 nitrogen and oxygen atoms in total. The van der Waals surface area contributed by atoms with E-state index >= 15 is 0 Å². The van der Waals surface area contributed by atoms with Crippen LogP contribution in [-0.2, 0) is 6.67 Å². The number of oxazole rings is 1. The largest absolute Gasteiger partial charge is 0.421 e. The fourth-order valence-electron chi connectivity index (χ4n) is 2.66. The monoisotopic (exact) mass is 394 g/mol. The van der Waals surface area contributed by atoms with E-state index < -0.39 is 0 Å². The van der Waals surface area contributed by atoms with Gasteiger partial charge < -0.3 is 4.42 Å². The van der Waals surface area contributed by atoms with Crippen LogP contribution >= 0.6 is 27.3 Å². The van der Waals surface area contributed by atoms with Crippen LogP contribution in [0.2, 0.25) is 0 Å². The van der Waals surface area contributed by atoms with Gasteiger partial charge in [-0.05, 0) is 35.1 Å². The van der Waals surface area contributed by atoms with Crippen LogP contribution in [0.15, 0.2) is 49.4 Å². The van der Waals surface area contributed by atoms with Crippen LogP contribution in [0, 0.1) is 5.41 Å². The number of hydrogen-bond acceptors (Lipinski definition) is 4. The van der Waals surface area contributed by atoms with Crippen molar-refractivity contribution in [3.8, 4) is 0 Å². The van der Waals surface area contributed by atoms with Gasteiger partial charge in [0.05, 0.1) is 12.2 Å². The summed E-state index contributed by atoms with van der Waals surface area (Å²) >= 11 is 5.12. The molecule has 6 heteroatoms. The van der Waals surface area contributed by atoms with Crippen molar-refractivity contribution in [1.82, 2.24) is 9.88 Å². The molecule has 0 fully saturated rings. The Kier molecular flexibility index (Phi) is 4.49. The summed E-state index contributed by atoms with van der Waals surface area (Å²) in [5.41, 5.74) is 1.43.